The van der Waals surface area contributed by atoms with Gasteiger partial charge in [-0.25, -0.2) is 9.59 Å². The van der Waals surface area contributed by atoms with Gasteiger partial charge in [0.2, 0.25) is 0 Å². The van der Waals surface area contributed by atoms with Gasteiger partial charge in [0.1, 0.15) is 0 Å². The third-order valence-corrected chi connectivity index (χ3v) is 1.33. The summed E-state index contributed by atoms with van der Waals surface area (Å²) in [5, 5.41) is 7.82. The average Bonchev–Trinajstić information content (AvgIpc) is 2.34. The molecule has 0 saturated heterocycles. The second-order valence-electron chi connectivity index (χ2n) is 1.74. The molecule has 0 bridgehead atoms. The zero-order valence-corrected chi connectivity index (χ0v) is 5.96. The molecule has 5 heteroatoms. The van der Waals surface area contributed by atoms with E-state index in [2.05, 4.69) is 4.74 Å². The number of hydrogen-bond acceptors (Lipinski definition) is 3. The fourth-order valence-corrected chi connectivity index (χ4v) is 0.645. The molecule has 4 nitrogen and oxygen atoms in total. The van der Waals surface area contributed by atoms with Crippen LogP contribution in [0.15, 0.2) is 22.9 Å². The van der Waals surface area contributed by atoms with Gasteiger partial charge in [0.15, 0.2) is 10.8 Å². The summed E-state index contributed by atoms with van der Waals surface area (Å²) in [6.45, 7) is 0. The molecule has 1 aliphatic rings. The molecular weight excluding hydrogens is 172 g/mol. The normalized spacial score (nSPS) is 19.9. The largest absolute Gasteiger partial charge is 0.477 e. The maximum absolute atomic E-state index is 10.4. The highest BCUT2D eigenvalue weighted by molar-refractivity contribution is 6.41. The molecule has 0 spiro atoms. The van der Waals surface area contributed by atoms with Gasteiger partial charge in [-0.1, -0.05) is 11.6 Å². The van der Waals surface area contributed by atoms with Gasteiger partial charge in [-0.2, -0.15) is 0 Å². The molecule has 1 heterocycles. The molecule has 1 rings (SSSR count). The molecule has 0 atom stereocenters. The second-order valence-corrected chi connectivity index (χ2v) is 2.12. The summed E-state index contributed by atoms with van der Waals surface area (Å²) < 4.78 is 4.40. The van der Waals surface area contributed by atoms with Gasteiger partial charge in [-0.05, 0) is 6.08 Å². The molecule has 11 heavy (non-hydrogen) atoms. The lowest BCUT2D eigenvalue weighted by molar-refractivity contribution is -0.133. The van der Waals surface area contributed by atoms with E-state index in [9.17, 15) is 9.59 Å². The minimum atomic E-state index is -1.32. The molecule has 0 aromatic heterocycles. The van der Waals surface area contributed by atoms with E-state index in [0.717, 1.165) is 6.08 Å². The zero-order chi connectivity index (χ0) is 8.43. The number of halogens is 1. The highest BCUT2D eigenvalue weighted by Crippen LogP contribution is 2.17. The molecule has 0 unspecified atom stereocenters. The predicted molar refractivity (Wildman–Crippen MR) is 35.7 cm³/mol. The number of allylic oxidation sites excluding steroid dienone is 1. The van der Waals surface area contributed by atoms with Crippen molar-refractivity contribution in [1.29, 1.82) is 0 Å². The Morgan fingerprint density at radius 3 is 2.55 bits per heavy atom. The van der Waals surface area contributed by atoms with Gasteiger partial charge in [-0.3, -0.25) is 0 Å². The van der Waals surface area contributed by atoms with E-state index in [1.165, 1.54) is 6.08 Å². The Bertz CT molecular complexity index is 276. The minimum absolute atomic E-state index is 0.121. The summed E-state index contributed by atoms with van der Waals surface area (Å²) in [5.74, 6) is -2.05. The number of hydrogen-bond donors (Lipinski definition) is 1. The quantitative estimate of drug-likeness (QED) is 0.468. The van der Waals surface area contributed by atoms with Crippen LogP contribution in [-0.2, 0) is 14.3 Å². The van der Waals surface area contributed by atoms with Crippen molar-refractivity contribution in [1.82, 2.24) is 0 Å². The van der Waals surface area contributed by atoms with E-state index in [-0.39, 0.29) is 5.76 Å². The molecule has 0 radical (unpaired) electrons. The van der Waals surface area contributed by atoms with Crippen molar-refractivity contribution in [3.05, 3.63) is 22.9 Å². The number of cyclic esters (lactones) is 1. The molecule has 0 aliphatic carbocycles. The Balaban J connectivity index is 2.92. The fraction of sp³-hybridized carbons (Fsp3) is 0. The van der Waals surface area contributed by atoms with Gasteiger partial charge in [0.25, 0.3) is 0 Å². The molecule has 1 aliphatic heterocycles. The van der Waals surface area contributed by atoms with Crippen molar-refractivity contribution >= 4 is 23.5 Å². The first-order valence-electron chi connectivity index (χ1n) is 2.64. The SMILES string of the molecule is O=C1C=C/C(=C(/Cl)C(=O)O)O1. The maximum Gasteiger partial charge on any atom is 0.351 e. The zero-order valence-electron chi connectivity index (χ0n) is 5.20. The number of ether oxygens (including phenoxy) is 1. The summed E-state index contributed by atoms with van der Waals surface area (Å²) in [4.78, 5) is 20.6. The van der Waals surface area contributed by atoms with E-state index in [1.807, 2.05) is 0 Å². The third-order valence-electron chi connectivity index (χ3n) is 0.985. The lowest BCUT2D eigenvalue weighted by atomic mass is 10.4. The first-order chi connectivity index (χ1) is 5.11. The predicted octanol–water partition coefficient (Wildman–Crippen LogP) is 0.634. The maximum atomic E-state index is 10.4. The monoisotopic (exact) mass is 174 g/mol. The highest BCUT2D eigenvalue weighted by atomic mass is 35.5. The van der Waals surface area contributed by atoms with Crippen LogP contribution < -0.4 is 0 Å². The number of carbonyl (C=O) groups is 2. The van der Waals surface area contributed by atoms with E-state index < -0.39 is 17.0 Å². The molecule has 0 saturated carbocycles. The minimum Gasteiger partial charge on any atom is -0.477 e. The van der Waals surface area contributed by atoms with Crippen molar-refractivity contribution in [2.45, 2.75) is 0 Å². The molecule has 0 aromatic carbocycles. The van der Waals surface area contributed by atoms with Crippen LogP contribution in [0.1, 0.15) is 0 Å². The number of aliphatic carboxylic acids is 1. The van der Waals surface area contributed by atoms with Gasteiger partial charge in [0.05, 0.1) is 0 Å². The van der Waals surface area contributed by atoms with Crippen molar-refractivity contribution in [2.75, 3.05) is 0 Å². The Hall–Kier alpha value is -1.29. The lowest BCUT2D eigenvalue weighted by Gasteiger charge is -1.95. The average molecular weight is 175 g/mol. The highest BCUT2D eigenvalue weighted by Gasteiger charge is 2.17. The number of esters is 1. The Morgan fingerprint density at radius 1 is 1.55 bits per heavy atom. The summed E-state index contributed by atoms with van der Waals surface area (Å²) >= 11 is 5.24. The van der Waals surface area contributed by atoms with Crippen LogP contribution in [0.25, 0.3) is 0 Å². The number of carbonyl (C=O) groups excluding carboxylic acids is 1. The smallest absolute Gasteiger partial charge is 0.351 e. The van der Waals surface area contributed by atoms with Crippen molar-refractivity contribution < 1.29 is 19.4 Å². The Kier molecular flexibility index (Phi) is 1.96. The number of rotatable bonds is 1. The fourth-order valence-electron chi connectivity index (χ4n) is 0.544. The number of carboxylic acid groups (broad SMARTS) is 1. The van der Waals surface area contributed by atoms with Crippen LogP contribution in [-0.4, -0.2) is 17.0 Å². The third kappa shape index (κ3) is 1.59. The molecule has 1 N–H and O–H groups in total. The van der Waals surface area contributed by atoms with Crippen LogP contribution in [0, 0.1) is 0 Å². The Morgan fingerprint density at radius 2 is 2.18 bits per heavy atom. The molecule has 0 fully saturated rings. The molecule has 58 valence electrons. The molecular formula is C6H3ClO4. The summed E-state index contributed by atoms with van der Waals surface area (Å²) in [5.41, 5.74) is 0. The lowest BCUT2D eigenvalue weighted by Crippen LogP contribution is -1.99. The second kappa shape index (κ2) is 2.75. The summed E-state index contributed by atoms with van der Waals surface area (Å²) in [6.07, 6.45) is 2.30. The topological polar surface area (TPSA) is 63.6 Å². The molecule has 0 amide bonds. The Labute approximate surface area is 66.7 Å². The molecule has 0 aromatic rings. The van der Waals surface area contributed by atoms with Crippen LogP contribution in [0.2, 0.25) is 0 Å². The van der Waals surface area contributed by atoms with Gasteiger partial charge in [0, 0.05) is 6.08 Å². The van der Waals surface area contributed by atoms with Crippen LogP contribution in [0.5, 0.6) is 0 Å². The summed E-state index contributed by atoms with van der Waals surface area (Å²) in [7, 11) is 0. The van der Waals surface area contributed by atoms with Crippen molar-refractivity contribution in [3.8, 4) is 0 Å². The van der Waals surface area contributed by atoms with Crippen LogP contribution in [0.4, 0.5) is 0 Å². The standard InChI is InChI=1S/C6H3ClO4/c7-5(6(9)10)3-1-2-4(8)11-3/h1-2H,(H,9,10)/b5-3-. The van der Waals surface area contributed by atoms with Crippen molar-refractivity contribution in [3.63, 3.8) is 0 Å². The van der Waals surface area contributed by atoms with E-state index in [0.29, 0.717) is 0 Å². The number of carboxylic acids is 1. The first kappa shape index (κ1) is 7.81. The van der Waals surface area contributed by atoms with Gasteiger partial charge >= 0.3 is 11.9 Å². The van der Waals surface area contributed by atoms with Gasteiger partial charge < -0.3 is 9.84 Å². The van der Waals surface area contributed by atoms with Crippen molar-refractivity contribution in [2.24, 2.45) is 0 Å². The van der Waals surface area contributed by atoms with Crippen LogP contribution >= 0.6 is 11.6 Å². The van der Waals surface area contributed by atoms with E-state index >= 15 is 0 Å². The van der Waals surface area contributed by atoms with E-state index in [4.69, 9.17) is 16.7 Å². The summed E-state index contributed by atoms with van der Waals surface area (Å²) in [6, 6.07) is 0. The van der Waals surface area contributed by atoms with Crippen LogP contribution in [0.3, 0.4) is 0 Å². The van der Waals surface area contributed by atoms with E-state index in [1.54, 1.807) is 0 Å². The first-order valence-corrected chi connectivity index (χ1v) is 3.02. The van der Waals surface area contributed by atoms with Gasteiger partial charge in [-0.15, -0.1) is 0 Å².